The molecule has 4 rings (SSSR count). The van der Waals surface area contributed by atoms with Crippen LogP contribution in [0.15, 0.2) is 58.4 Å². The van der Waals surface area contributed by atoms with E-state index in [-0.39, 0.29) is 11.4 Å². The van der Waals surface area contributed by atoms with E-state index in [1.54, 1.807) is 23.8 Å². The molecule has 1 aliphatic rings. The third-order valence-electron chi connectivity index (χ3n) is 5.65. The Kier molecular flexibility index (Phi) is 6.62. The first-order chi connectivity index (χ1) is 15.2. The van der Waals surface area contributed by atoms with Crippen molar-refractivity contribution in [3.8, 4) is 28.5 Å². The van der Waals surface area contributed by atoms with Crippen LogP contribution in [-0.2, 0) is 13.0 Å². The van der Waals surface area contributed by atoms with E-state index in [2.05, 4.69) is 21.6 Å². The van der Waals surface area contributed by atoms with Gasteiger partial charge in [-0.3, -0.25) is 4.79 Å². The van der Waals surface area contributed by atoms with Gasteiger partial charge in [-0.05, 0) is 50.2 Å². The number of allylic oxidation sites excluding steroid dienone is 1. The van der Waals surface area contributed by atoms with E-state index in [0.717, 1.165) is 36.6 Å². The third kappa shape index (κ3) is 4.77. The van der Waals surface area contributed by atoms with E-state index < -0.39 is 0 Å². The molecule has 3 aromatic rings. The van der Waals surface area contributed by atoms with Gasteiger partial charge >= 0.3 is 0 Å². The summed E-state index contributed by atoms with van der Waals surface area (Å²) in [5.41, 5.74) is 1.87. The Morgan fingerprint density at radius 3 is 2.81 bits per heavy atom. The molecule has 2 aromatic heterocycles. The van der Waals surface area contributed by atoms with Gasteiger partial charge in [-0.1, -0.05) is 29.8 Å². The topological polar surface area (TPSA) is 73.4 Å². The molecular weight excluding hydrogens is 392 g/mol. The molecule has 7 nitrogen and oxygen atoms in total. The Morgan fingerprint density at radius 2 is 2.03 bits per heavy atom. The van der Waals surface area contributed by atoms with Crippen molar-refractivity contribution in [3.05, 3.63) is 65.2 Å². The predicted molar refractivity (Wildman–Crippen MR) is 120 cm³/mol. The van der Waals surface area contributed by atoms with Crippen molar-refractivity contribution in [3.63, 3.8) is 0 Å². The first-order valence-corrected chi connectivity index (χ1v) is 10.7. The molecule has 0 saturated carbocycles. The molecule has 162 valence electrons. The van der Waals surface area contributed by atoms with Crippen LogP contribution in [0.2, 0.25) is 0 Å². The number of piperidine rings is 1. The minimum atomic E-state index is -0.188. The van der Waals surface area contributed by atoms with Crippen molar-refractivity contribution >= 4 is 0 Å². The molecule has 0 bridgehead atoms. The molecule has 31 heavy (non-hydrogen) atoms. The second-order valence-electron chi connectivity index (χ2n) is 7.74. The summed E-state index contributed by atoms with van der Waals surface area (Å²) in [6.07, 6.45) is 6.23. The Labute approximate surface area is 182 Å². The van der Waals surface area contributed by atoms with Gasteiger partial charge in [-0.25, -0.2) is 0 Å². The largest absolute Gasteiger partial charge is 0.497 e. The summed E-state index contributed by atoms with van der Waals surface area (Å²) in [4.78, 5) is 20.2. The highest BCUT2D eigenvalue weighted by molar-refractivity contribution is 5.65. The van der Waals surface area contributed by atoms with Gasteiger partial charge in [0.15, 0.2) is 5.82 Å². The zero-order valence-electron chi connectivity index (χ0n) is 17.9. The predicted octanol–water partition coefficient (Wildman–Crippen LogP) is 3.79. The molecule has 3 heterocycles. The molecule has 0 atom stereocenters. The summed E-state index contributed by atoms with van der Waals surface area (Å²) in [5.74, 6) is 1.62. The molecular formula is C24H28N4O3. The number of hydrogen-bond donors (Lipinski definition) is 0. The summed E-state index contributed by atoms with van der Waals surface area (Å²) in [7, 11) is 1.62. The molecule has 0 radical (unpaired) electrons. The molecule has 0 spiro atoms. The van der Waals surface area contributed by atoms with Crippen LogP contribution >= 0.6 is 0 Å². The van der Waals surface area contributed by atoms with Crippen LogP contribution in [-0.4, -0.2) is 46.4 Å². The van der Waals surface area contributed by atoms with E-state index in [1.807, 2.05) is 30.3 Å². The maximum Gasteiger partial charge on any atom is 0.264 e. The van der Waals surface area contributed by atoms with Crippen molar-refractivity contribution < 1.29 is 9.26 Å². The number of likely N-dealkylation sites (tertiary alicyclic amines) is 1. The number of hydrogen-bond acceptors (Lipinski definition) is 6. The second-order valence-corrected chi connectivity index (χ2v) is 7.74. The summed E-state index contributed by atoms with van der Waals surface area (Å²) in [5, 5.41) is 4.10. The molecule has 1 aromatic carbocycles. The molecule has 7 heteroatoms. The highest BCUT2D eigenvalue weighted by Crippen LogP contribution is 2.25. The number of methoxy groups -OCH3 is 1. The highest BCUT2D eigenvalue weighted by atomic mass is 16.5. The fraction of sp³-hybridized carbons (Fsp3) is 0.375. The van der Waals surface area contributed by atoms with Crippen LogP contribution in [0.25, 0.3) is 22.7 Å². The van der Waals surface area contributed by atoms with E-state index in [9.17, 15) is 4.79 Å². The van der Waals surface area contributed by atoms with Gasteiger partial charge in [0.25, 0.3) is 11.4 Å². The van der Waals surface area contributed by atoms with Crippen LogP contribution in [0.1, 0.15) is 25.1 Å². The number of nitrogens with zero attached hydrogens (tertiary/aromatic N) is 4. The molecule has 1 fully saturated rings. The smallest absolute Gasteiger partial charge is 0.264 e. The van der Waals surface area contributed by atoms with Crippen molar-refractivity contribution in [2.75, 3.05) is 26.7 Å². The third-order valence-corrected chi connectivity index (χ3v) is 5.65. The van der Waals surface area contributed by atoms with Gasteiger partial charge in [0, 0.05) is 25.1 Å². The SMILES string of the molecule is C=CCn1c(-c2cccc(OC)c2)ccc(-c2nc(CCN3CCCCC3)no2)c1=O. The first kappa shape index (κ1) is 21.1. The Morgan fingerprint density at radius 1 is 1.19 bits per heavy atom. The van der Waals surface area contributed by atoms with E-state index in [0.29, 0.717) is 24.4 Å². The fourth-order valence-corrected chi connectivity index (χ4v) is 3.99. The number of rotatable bonds is 8. The molecule has 0 unspecified atom stereocenters. The Balaban J connectivity index is 1.60. The molecule has 1 saturated heterocycles. The van der Waals surface area contributed by atoms with Gasteiger partial charge in [-0.2, -0.15) is 4.98 Å². The first-order valence-electron chi connectivity index (χ1n) is 10.7. The lowest BCUT2D eigenvalue weighted by atomic mass is 10.1. The lowest BCUT2D eigenvalue weighted by Crippen LogP contribution is -2.31. The van der Waals surface area contributed by atoms with Crippen molar-refractivity contribution in [1.29, 1.82) is 0 Å². The van der Waals surface area contributed by atoms with Crippen LogP contribution in [0.3, 0.4) is 0 Å². The zero-order chi connectivity index (χ0) is 21.6. The van der Waals surface area contributed by atoms with Gasteiger partial charge in [0.2, 0.25) is 0 Å². The van der Waals surface area contributed by atoms with Crippen LogP contribution < -0.4 is 10.3 Å². The average molecular weight is 421 g/mol. The lowest BCUT2D eigenvalue weighted by Gasteiger charge is -2.25. The monoisotopic (exact) mass is 420 g/mol. The quantitative estimate of drug-likeness (QED) is 0.516. The van der Waals surface area contributed by atoms with Gasteiger partial charge in [0.05, 0.1) is 12.8 Å². The molecule has 0 amide bonds. The lowest BCUT2D eigenvalue weighted by molar-refractivity contribution is 0.229. The number of pyridine rings is 1. The summed E-state index contributed by atoms with van der Waals surface area (Å²) >= 11 is 0. The van der Waals surface area contributed by atoms with Gasteiger partial charge in [0.1, 0.15) is 11.3 Å². The van der Waals surface area contributed by atoms with E-state index >= 15 is 0 Å². The maximum atomic E-state index is 13.3. The maximum absolute atomic E-state index is 13.3. The van der Waals surface area contributed by atoms with E-state index in [4.69, 9.17) is 9.26 Å². The number of aromatic nitrogens is 3. The Bertz CT molecular complexity index is 1100. The number of benzene rings is 1. The summed E-state index contributed by atoms with van der Waals surface area (Å²) in [6, 6.07) is 11.3. The standard InChI is InChI=1S/C24H28N4O3/c1-3-13-28-21(18-8-7-9-19(17-18)30-2)11-10-20(24(28)29)23-25-22(26-31-23)12-16-27-14-5-4-6-15-27/h3,7-11,17H,1,4-6,12-16H2,2H3. The van der Waals surface area contributed by atoms with Gasteiger partial charge in [-0.15, -0.1) is 6.58 Å². The normalized spacial score (nSPS) is 14.5. The average Bonchev–Trinajstić information content (AvgIpc) is 3.28. The molecule has 0 N–H and O–H groups in total. The summed E-state index contributed by atoms with van der Waals surface area (Å²) in [6.45, 7) is 7.34. The van der Waals surface area contributed by atoms with E-state index in [1.165, 1.54) is 19.3 Å². The second kappa shape index (κ2) is 9.75. The minimum absolute atomic E-state index is 0.188. The van der Waals surface area contributed by atoms with Crippen molar-refractivity contribution in [1.82, 2.24) is 19.6 Å². The molecule has 0 aliphatic carbocycles. The van der Waals surface area contributed by atoms with Crippen LogP contribution in [0, 0.1) is 0 Å². The fourth-order valence-electron chi connectivity index (χ4n) is 3.99. The minimum Gasteiger partial charge on any atom is -0.497 e. The zero-order valence-corrected chi connectivity index (χ0v) is 17.9. The van der Waals surface area contributed by atoms with Crippen LogP contribution in [0.5, 0.6) is 5.75 Å². The van der Waals surface area contributed by atoms with Crippen molar-refractivity contribution in [2.24, 2.45) is 0 Å². The number of ether oxygens (including phenoxy) is 1. The van der Waals surface area contributed by atoms with Gasteiger partial charge < -0.3 is 18.7 Å². The Hall–Kier alpha value is -3.19. The summed E-state index contributed by atoms with van der Waals surface area (Å²) < 4.78 is 12.4. The van der Waals surface area contributed by atoms with Crippen molar-refractivity contribution in [2.45, 2.75) is 32.2 Å². The molecule has 1 aliphatic heterocycles. The van der Waals surface area contributed by atoms with Crippen LogP contribution in [0.4, 0.5) is 0 Å². The highest BCUT2D eigenvalue weighted by Gasteiger charge is 2.18.